The van der Waals surface area contributed by atoms with E-state index in [4.69, 9.17) is 15.2 Å². The predicted octanol–water partition coefficient (Wildman–Crippen LogP) is 1.17. The first-order valence-electron chi connectivity index (χ1n) is 12.2. The molecule has 1 atom stereocenters. The Bertz CT molecular complexity index is 1710. The van der Waals surface area contributed by atoms with Gasteiger partial charge in [-0.1, -0.05) is 19.9 Å². The summed E-state index contributed by atoms with van der Waals surface area (Å²) in [5, 5.41) is 2.61. The molecule has 2 aromatic heterocycles. The van der Waals surface area contributed by atoms with E-state index in [0.29, 0.717) is 39.0 Å². The third-order valence-electron chi connectivity index (χ3n) is 6.67. The first-order chi connectivity index (χ1) is 18.5. The molecule has 0 saturated heterocycles. The van der Waals surface area contributed by atoms with E-state index >= 15 is 0 Å². The van der Waals surface area contributed by atoms with Crippen LogP contribution < -0.4 is 31.5 Å². The van der Waals surface area contributed by atoms with Crippen molar-refractivity contribution in [2.24, 2.45) is 11.7 Å². The maximum Gasteiger partial charge on any atom is 0.359 e. The summed E-state index contributed by atoms with van der Waals surface area (Å²) < 4.78 is 40.0. The fourth-order valence-corrected chi connectivity index (χ4v) is 5.18. The van der Waals surface area contributed by atoms with Crippen LogP contribution in [0.5, 0.6) is 11.5 Å². The maximum absolute atomic E-state index is 14.6. The van der Waals surface area contributed by atoms with Gasteiger partial charge in [-0.3, -0.25) is 18.5 Å². The number of rotatable bonds is 8. The first-order valence-corrected chi connectivity index (χ1v) is 13.8. The van der Waals surface area contributed by atoms with Gasteiger partial charge >= 0.3 is 13.3 Å². The van der Waals surface area contributed by atoms with E-state index in [0.717, 1.165) is 12.1 Å². The zero-order valence-electron chi connectivity index (χ0n) is 21.1. The van der Waals surface area contributed by atoms with Crippen molar-refractivity contribution in [1.82, 2.24) is 19.4 Å². The SMILES string of the molecule is CC(C)[C@H](N)C(=O)NCCn1c(=O)n(Cc2ccc(P(=O)(O)O)c(F)c2)c2c3ccc4c(c3ncc21)OCO4. The number of hydrogen-bond donors (Lipinski definition) is 4. The molecule has 14 heteroatoms. The summed E-state index contributed by atoms with van der Waals surface area (Å²) in [6.07, 6.45) is 1.52. The molecular formula is C25H27FN5O7P. The highest BCUT2D eigenvalue weighted by Crippen LogP contribution is 2.40. The topological polar surface area (TPSA) is 171 Å². The molecule has 3 heterocycles. The lowest BCUT2D eigenvalue weighted by atomic mass is 10.1. The Hall–Kier alpha value is -3.77. The minimum absolute atomic E-state index is 0.0331. The number of hydrogen-bond acceptors (Lipinski definition) is 7. The van der Waals surface area contributed by atoms with Crippen LogP contribution in [-0.4, -0.2) is 49.2 Å². The number of carbonyl (C=O) groups is 1. The highest BCUT2D eigenvalue weighted by atomic mass is 31.2. The number of nitrogens with two attached hydrogens (primary N) is 1. The predicted molar refractivity (Wildman–Crippen MR) is 141 cm³/mol. The summed E-state index contributed by atoms with van der Waals surface area (Å²) in [4.78, 5) is 49.3. The number of benzene rings is 2. The smallest absolute Gasteiger partial charge is 0.359 e. The van der Waals surface area contributed by atoms with Gasteiger partial charge in [0.2, 0.25) is 12.7 Å². The third kappa shape index (κ3) is 4.89. The van der Waals surface area contributed by atoms with Gasteiger partial charge in [0.25, 0.3) is 0 Å². The van der Waals surface area contributed by atoms with Gasteiger partial charge in [-0.2, -0.15) is 0 Å². The normalized spacial score (nSPS) is 13.9. The quantitative estimate of drug-likeness (QED) is 0.231. The largest absolute Gasteiger partial charge is 0.454 e. The highest BCUT2D eigenvalue weighted by molar-refractivity contribution is 7.60. The molecule has 12 nitrogen and oxygen atoms in total. The summed E-state index contributed by atoms with van der Waals surface area (Å²) in [7, 11) is -4.80. The Morgan fingerprint density at radius 3 is 2.69 bits per heavy atom. The highest BCUT2D eigenvalue weighted by Gasteiger charge is 2.25. The van der Waals surface area contributed by atoms with Crippen molar-refractivity contribution in [3.63, 3.8) is 0 Å². The molecule has 0 radical (unpaired) electrons. The number of ether oxygens (including phenoxy) is 2. The molecular weight excluding hydrogens is 532 g/mol. The number of fused-ring (bicyclic) bond motifs is 5. The van der Waals surface area contributed by atoms with Gasteiger partial charge in [-0.15, -0.1) is 0 Å². The van der Waals surface area contributed by atoms with Crippen molar-refractivity contribution in [2.45, 2.75) is 33.0 Å². The maximum atomic E-state index is 14.6. The van der Waals surface area contributed by atoms with Crippen molar-refractivity contribution in [3.05, 3.63) is 58.4 Å². The summed E-state index contributed by atoms with van der Waals surface area (Å²) in [6, 6.07) is 6.14. The molecule has 0 fully saturated rings. The number of amides is 1. The Labute approximate surface area is 221 Å². The summed E-state index contributed by atoms with van der Waals surface area (Å²) in [5.74, 6) is -0.513. The van der Waals surface area contributed by atoms with Crippen LogP contribution in [0.3, 0.4) is 0 Å². The Balaban J connectivity index is 1.60. The van der Waals surface area contributed by atoms with E-state index in [9.17, 15) is 28.3 Å². The van der Waals surface area contributed by atoms with E-state index in [1.807, 2.05) is 13.8 Å². The zero-order chi connectivity index (χ0) is 28.1. The number of imidazole rings is 1. The van der Waals surface area contributed by atoms with E-state index in [1.165, 1.54) is 21.4 Å². The average Bonchev–Trinajstić information content (AvgIpc) is 3.46. The van der Waals surface area contributed by atoms with Crippen LogP contribution in [0.4, 0.5) is 4.39 Å². The van der Waals surface area contributed by atoms with Crippen LogP contribution in [0.1, 0.15) is 19.4 Å². The van der Waals surface area contributed by atoms with Crippen molar-refractivity contribution in [1.29, 1.82) is 0 Å². The number of pyridine rings is 1. The molecule has 1 aliphatic rings. The van der Waals surface area contributed by atoms with Crippen LogP contribution in [-0.2, 0) is 22.4 Å². The minimum Gasteiger partial charge on any atom is -0.454 e. The molecule has 206 valence electrons. The molecule has 1 aliphatic heterocycles. The van der Waals surface area contributed by atoms with Gasteiger partial charge in [0.1, 0.15) is 11.3 Å². The van der Waals surface area contributed by atoms with Crippen molar-refractivity contribution in [3.8, 4) is 11.5 Å². The number of nitrogens with one attached hydrogen (secondary N) is 1. The van der Waals surface area contributed by atoms with E-state index in [-0.39, 0.29) is 38.3 Å². The molecule has 2 aromatic carbocycles. The number of halogens is 1. The second-order valence-corrected chi connectivity index (χ2v) is 11.2. The van der Waals surface area contributed by atoms with Gasteiger partial charge in [-0.05, 0) is 35.7 Å². The zero-order valence-corrected chi connectivity index (χ0v) is 22.0. The number of carbonyl (C=O) groups excluding carboxylic acids is 1. The van der Waals surface area contributed by atoms with E-state index in [1.54, 1.807) is 12.1 Å². The molecule has 0 saturated carbocycles. The van der Waals surface area contributed by atoms with Crippen LogP contribution in [0.2, 0.25) is 0 Å². The Kier molecular flexibility index (Phi) is 6.93. The summed E-state index contributed by atoms with van der Waals surface area (Å²) >= 11 is 0. The van der Waals surface area contributed by atoms with Crippen LogP contribution in [0.25, 0.3) is 21.9 Å². The lowest BCUT2D eigenvalue weighted by molar-refractivity contribution is -0.123. The van der Waals surface area contributed by atoms with Crippen molar-refractivity contribution in [2.75, 3.05) is 13.3 Å². The van der Waals surface area contributed by atoms with Gasteiger partial charge in [0.15, 0.2) is 11.5 Å². The lowest BCUT2D eigenvalue weighted by Crippen LogP contribution is -2.45. The van der Waals surface area contributed by atoms with Crippen LogP contribution >= 0.6 is 7.60 Å². The van der Waals surface area contributed by atoms with Crippen molar-refractivity contribution >= 4 is 40.7 Å². The fourth-order valence-electron chi connectivity index (χ4n) is 4.57. The number of nitrogens with zero attached hydrogens (tertiary/aromatic N) is 3. The van der Waals surface area contributed by atoms with Crippen LogP contribution in [0.15, 0.2) is 41.3 Å². The summed E-state index contributed by atoms with van der Waals surface area (Å²) in [5.41, 5.74) is 7.22. The molecule has 0 unspecified atom stereocenters. The molecule has 39 heavy (non-hydrogen) atoms. The molecule has 0 bridgehead atoms. The van der Waals surface area contributed by atoms with Gasteiger partial charge in [0, 0.05) is 18.5 Å². The molecule has 0 aliphatic carbocycles. The Morgan fingerprint density at radius 1 is 1.23 bits per heavy atom. The average molecular weight is 559 g/mol. The fraction of sp³-hybridized carbons (Fsp3) is 0.320. The molecule has 4 aromatic rings. The second-order valence-electron chi connectivity index (χ2n) is 9.60. The van der Waals surface area contributed by atoms with Gasteiger partial charge < -0.3 is 30.3 Å². The first kappa shape index (κ1) is 26.8. The van der Waals surface area contributed by atoms with Gasteiger partial charge in [-0.25, -0.2) is 14.2 Å². The van der Waals surface area contributed by atoms with E-state index in [2.05, 4.69) is 10.3 Å². The minimum atomic E-state index is -4.80. The number of aromatic nitrogens is 3. The van der Waals surface area contributed by atoms with Crippen molar-refractivity contribution < 1.29 is 33.0 Å². The van der Waals surface area contributed by atoms with Gasteiger partial charge in [0.05, 0.1) is 35.1 Å². The monoisotopic (exact) mass is 559 g/mol. The Morgan fingerprint density at radius 2 is 2.00 bits per heavy atom. The van der Waals surface area contributed by atoms with E-state index < -0.39 is 30.4 Å². The van der Waals surface area contributed by atoms with Crippen LogP contribution in [0, 0.1) is 11.7 Å². The third-order valence-corrected chi connectivity index (χ3v) is 7.66. The molecule has 0 spiro atoms. The standard InChI is InChI=1S/C25H27FN5O7P/c1-13(2)20(27)24(32)28-7-8-30-17-10-29-21-15(4-5-18-23(21)38-12-37-18)22(17)31(25(30)33)11-14-3-6-19(16(26)9-14)39(34,35)36/h3-6,9-10,13,20H,7-8,11-12,27H2,1-2H3,(H,28,32)(H2,34,35,36)/t20-/m0/s1. The molecule has 5 rings (SSSR count). The molecule has 5 N–H and O–H groups in total. The second kappa shape index (κ2) is 10.1. The molecule has 1 amide bonds. The lowest BCUT2D eigenvalue weighted by Gasteiger charge is -2.15. The summed E-state index contributed by atoms with van der Waals surface area (Å²) in [6.45, 7) is 3.84.